The lowest BCUT2D eigenvalue weighted by molar-refractivity contribution is -0.136. The second kappa shape index (κ2) is 6.70. The number of rotatable bonds is 4. The Balaban J connectivity index is 1.95. The average molecular weight is 388 g/mol. The van der Waals surface area contributed by atoms with Crippen LogP contribution in [0.5, 0.6) is 17.2 Å². The Morgan fingerprint density at radius 2 is 1.78 bits per heavy atom. The first-order valence-corrected chi connectivity index (χ1v) is 8.71. The van der Waals surface area contributed by atoms with Crippen molar-refractivity contribution in [2.45, 2.75) is 5.92 Å². The molecule has 0 saturated carbocycles. The van der Waals surface area contributed by atoms with E-state index in [1.54, 1.807) is 27.4 Å². The molecule has 2 aromatic rings. The molecule has 2 heterocycles. The summed E-state index contributed by atoms with van der Waals surface area (Å²) in [6.07, 6.45) is 0. The van der Waals surface area contributed by atoms with Gasteiger partial charge in [-0.1, -0.05) is 17.7 Å². The zero-order valence-electron chi connectivity index (χ0n) is 15.1. The molecule has 2 aromatic carbocycles. The summed E-state index contributed by atoms with van der Waals surface area (Å²) in [5.74, 6) is 0.870. The van der Waals surface area contributed by atoms with Crippen molar-refractivity contribution in [3.8, 4) is 17.2 Å². The number of benzene rings is 2. The molecule has 0 spiro atoms. The van der Waals surface area contributed by atoms with E-state index in [1.807, 2.05) is 24.3 Å². The Kier molecular flexibility index (Phi) is 4.36. The van der Waals surface area contributed by atoms with Crippen molar-refractivity contribution in [1.29, 1.82) is 0 Å². The quantitative estimate of drug-likeness (QED) is 0.806. The summed E-state index contributed by atoms with van der Waals surface area (Å²) in [4.78, 5) is 12.5. The number of anilines is 1. The molecule has 0 radical (unpaired) electrons. The van der Waals surface area contributed by atoms with Gasteiger partial charge in [0, 0.05) is 16.6 Å². The Morgan fingerprint density at radius 3 is 2.41 bits per heavy atom. The molecule has 0 bridgehead atoms. The summed E-state index contributed by atoms with van der Waals surface area (Å²) < 4.78 is 21.6. The monoisotopic (exact) mass is 387 g/mol. The molecule has 140 valence electrons. The second-order valence-electron chi connectivity index (χ2n) is 6.22. The first kappa shape index (κ1) is 17.5. The van der Waals surface area contributed by atoms with Gasteiger partial charge in [-0.3, -0.25) is 0 Å². The summed E-state index contributed by atoms with van der Waals surface area (Å²) in [7, 11) is 4.67. The fraction of sp³-hybridized carbons (Fsp3) is 0.250. The van der Waals surface area contributed by atoms with E-state index >= 15 is 0 Å². The van der Waals surface area contributed by atoms with Crippen LogP contribution in [0, 0.1) is 0 Å². The zero-order chi connectivity index (χ0) is 19.1. The molecule has 2 aliphatic heterocycles. The first-order valence-electron chi connectivity index (χ1n) is 8.34. The predicted octanol–water partition coefficient (Wildman–Crippen LogP) is 3.73. The maximum atomic E-state index is 12.5. The van der Waals surface area contributed by atoms with Gasteiger partial charge in [0.1, 0.15) is 6.61 Å². The van der Waals surface area contributed by atoms with Gasteiger partial charge < -0.3 is 24.3 Å². The van der Waals surface area contributed by atoms with E-state index in [0.717, 1.165) is 22.5 Å². The highest BCUT2D eigenvalue weighted by Gasteiger charge is 2.39. The molecule has 0 aromatic heterocycles. The summed E-state index contributed by atoms with van der Waals surface area (Å²) in [5, 5.41) is 3.88. The highest BCUT2D eigenvalue weighted by molar-refractivity contribution is 6.31. The molecule has 4 rings (SSSR count). The Labute approximate surface area is 161 Å². The number of carbonyl (C=O) groups is 1. The number of hydrogen-bond donors (Lipinski definition) is 1. The number of carbonyl (C=O) groups excluding carboxylic acids is 1. The molecular formula is C20H18ClNO5. The number of esters is 1. The number of ether oxygens (including phenoxy) is 4. The third-order valence-electron chi connectivity index (χ3n) is 4.81. The highest BCUT2D eigenvalue weighted by Crippen LogP contribution is 2.48. The highest BCUT2D eigenvalue weighted by atomic mass is 35.5. The van der Waals surface area contributed by atoms with Gasteiger partial charge >= 0.3 is 5.97 Å². The standard InChI is InChI=1S/C20H18ClNO5/c1-24-15-6-10(7-16(25-2)19(15)26-3)17-12-5-4-11(21)8-13(12)22-14-9-27-20(23)18(14)17/h4-8,17,22H,9H2,1-3H3. The van der Waals surface area contributed by atoms with Crippen LogP contribution in [0.25, 0.3) is 0 Å². The van der Waals surface area contributed by atoms with Crippen LogP contribution in [0.2, 0.25) is 5.02 Å². The van der Waals surface area contributed by atoms with E-state index < -0.39 is 0 Å². The third kappa shape index (κ3) is 2.77. The number of fused-ring (bicyclic) bond motifs is 1. The molecule has 1 unspecified atom stereocenters. The number of hydrogen-bond acceptors (Lipinski definition) is 6. The summed E-state index contributed by atoms with van der Waals surface area (Å²) in [6, 6.07) is 9.26. The molecule has 0 amide bonds. The molecule has 7 heteroatoms. The molecule has 0 aliphatic carbocycles. The van der Waals surface area contributed by atoms with E-state index in [2.05, 4.69) is 5.32 Å². The van der Waals surface area contributed by atoms with Gasteiger partial charge in [-0.15, -0.1) is 0 Å². The molecule has 27 heavy (non-hydrogen) atoms. The molecule has 6 nitrogen and oxygen atoms in total. The van der Waals surface area contributed by atoms with E-state index in [4.69, 9.17) is 30.5 Å². The lowest BCUT2D eigenvalue weighted by Crippen LogP contribution is -2.20. The van der Waals surface area contributed by atoms with Gasteiger partial charge in [0.15, 0.2) is 11.5 Å². The lowest BCUT2D eigenvalue weighted by Gasteiger charge is -2.28. The summed E-state index contributed by atoms with van der Waals surface area (Å²) in [5.41, 5.74) is 3.93. The maximum absolute atomic E-state index is 12.5. The van der Waals surface area contributed by atoms with Gasteiger partial charge in [-0.2, -0.15) is 0 Å². The molecule has 0 saturated heterocycles. The Hall–Kier alpha value is -2.86. The van der Waals surface area contributed by atoms with Crippen molar-refractivity contribution in [3.05, 3.63) is 57.8 Å². The normalized spacial score (nSPS) is 17.6. The van der Waals surface area contributed by atoms with Crippen molar-refractivity contribution < 1.29 is 23.7 Å². The van der Waals surface area contributed by atoms with Gasteiger partial charge in [-0.25, -0.2) is 4.79 Å². The van der Waals surface area contributed by atoms with Gasteiger partial charge in [0.25, 0.3) is 0 Å². The van der Waals surface area contributed by atoms with Crippen molar-refractivity contribution in [2.24, 2.45) is 0 Å². The van der Waals surface area contributed by atoms with Crippen LogP contribution in [0.4, 0.5) is 5.69 Å². The van der Waals surface area contributed by atoms with E-state index in [9.17, 15) is 4.79 Å². The molecular weight excluding hydrogens is 370 g/mol. The fourth-order valence-corrected chi connectivity index (χ4v) is 3.80. The topological polar surface area (TPSA) is 66.0 Å². The molecule has 2 aliphatic rings. The zero-order valence-corrected chi connectivity index (χ0v) is 15.8. The van der Waals surface area contributed by atoms with Gasteiger partial charge in [0.05, 0.1) is 32.6 Å². The average Bonchev–Trinajstić information content (AvgIpc) is 3.05. The smallest absolute Gasteiger partial charge is 0.337 e. The fourth-order valence-electron chi connectivity index (χ4n) is 3.63. The first-order chi connectivity index (χ1) is 13.1. The number of halogens is 1. The van der Waals surface area contributed by atoms with Crippen LogP contribution in [0.1, 0.15) is 17.0 Å². The third-order valence-corrected chi connectivity index (χ3v) is 5.05. The van der Waals surface area contributed by atoms with Crippen LogP contribution < -0.4 is 19.5 Å². The van der Waals surface area contributed by atoms with Gasteiger partial charge in [0.2, 0.25) is 5.75 Å². The second-order valence-corrected chi connectivity index (χ2v) is 6.65. The minimum Gasteiger partial charge on any atom is -0.493 e. The predicted molar refractivity (Wildman–Crippen MR) is 101 cm³/mol. The van der Waals surface area contributed by atoms with Crippen LogP contribution in [-0.2, 0) is 9.53 Å². The summed E-state index contributed by atoms with van der Waals surface area (Å²) >= 11 is 6.17. The molecule has 0 fully saturated rings. The molecule has 1 atom stereocenters. The van der Waals surface area contributed by atoms with Crippen LogP contribution in [0.15, 0.2) is 41.6 Å². The number of cyclic esters (lactones) is 1. The van der Waals surface area contributed by atoms with Crippen molar-refractivity contribution >= 4 is 23.3 Å². The summed E-state index contributed by atoms with van der Waals surface area (Å²) in [6.45, 7) is 0.209. The Morgan fingerprint density at radius 1 is 1.07 bits per heavy atom. The van der Waals surface area contributed by atoms with Gasteiger partial charge in [-0.05, 0) is 35.4 Å². The Bertz CT molecular complexity index is 944. The largest absolute Gasteiger partial charge is 0.493 e. The minimum atomic E-state index is -0.336. The van der Waals surface area contributed by atoms with Crippen LogP contribution >= 0.6 is 11.6 Å². The van der Waals surface area contributed by atoms with E-state index in [1.165, 1.54) is 0 Å². The SMILES string of the molecule is COc1cc(C2C3=C(COC3=O)Nc3cc(Cl)ccc32)cc(OC)c1OC. The number of methoxy groups -OCH3 is 3. The van der Waals surface area contributed by atoms with Crippen LogP contribution in [-0.4, -0.2) is 33.9 Å². The minimum absolute atomic E-state index is 0.209. The van der Waals surface area contributed by atoms with Crippen LogP contribution in [0.3, 0.4) is 0 Å². The number of nitrogens with one attached hydrogen (secondary N) is 1. The van der Waals surface area contributed by atoms with Crippen molar-refractivity contribution in [2.75, 3.05) is 33.3 Å². The van der Waals surface area contributed by atoms with E-state index in [0.29, 0.717) is 27.8 Å². The molecule has 1 N–H and O–H groups in total. The van der Waals surface area contributed by atoms with E-state index in [-0.39, 0.29) is 18.5 Å². The van der Waals surface area contributed by atoms with Crippen molar-refractivity contribution in [1.82, 2.24) is 0 Å². The maximum Gasteiger partial charge on any atom is 0.337 e. The van der Waals surface area contributed by atoms with Crippen molar-refractivity contribution in [3.63, 3.8) is 0 Å². The lowest BCUT2D eigenvalue weighted by atomic mass is 9.81.